The highest BCUT2D eigenvalue weighted by Crippen LogP contribution is 2.35. The summed E-state index contributed by atoms with van der Waals surface area (Å²) in [5.41, 5.74) is 0.267. The third kappa shape index (κ3) is 7.40. The molecule has 0 bridgehead atoms. The van der Waals surface area contributed by atoms with Crippen molar-refractivity contribution < 1.29 is 28.6 Å². The standard InChI is InChI=1S/C30H38FN5O5S/c1-5-41-28(40)23-15-33-26(27-32-10-12-42-27)34-24(23)18-35-11-9-30(4,31)21(16-35)17-36(19-37)22-8-6-7-20(13-22)29(2,3)14-25(38)39/h6-8,10,12-13,19,21H,5,9,11,14-18H2,1-4H3,(H,33,34)(H,38,39). The molecule has 0 aliphatic carbocycles. The Kier molecular flexibility index (Phi) is 9.78. The van der Waals surface area contributed by atoms with Crippen LogP contribution in [0.2, 0.25) is 0 Å². The fourth-order valence-corrected chi connectivity index (χ4v) is 5.94. The van der Waals surface area contributed by atoms with E-state index >= 15 is 4.39 Å². The predicted octanol–water partition coefficient (Wildman–Crippen LogP) is 3.78. The van der Waals surface area contributed by atoms with Crippen LogP contribution in [-0.4, -0.2) is 84.2 Å². The van der Waals surface area contributed by atoms with Crippen molar-refractivity contribution in [1.29, 1.82) is 0 Å². The van der Waals surface area contributed by atoms with Crippen LogP contribution in [0.5, 0.6) is 0 Å². The second kappa shape index (κ2) is 13.1. The molecule has 2 unspecified atom stereocenters. The highest BCUT2D eigenvalue weighted by atomic mass is 32.1. The van der Waals surface area contributed by atoms with Gasteiger partial charge in [-0.3, -0.25) is 19.5 Å². The van der Waals surface area contributed by atoms with Gasteiger partial charge in [-0.25, -0.2) is 14.2 Å². The Hall–Kier alpha value is -3.64. The number of hydrogen-bond donors (Lipinski definition) is 2. The number of aliphatic imine (C=N–C) groups is 1. The molecule has 4 rings (SSSR count). The van der Waals surface area contributed by atoms with Crippen molar-refractivity contribution in [2.24, 2.45) is 10.9 Å². The normalized spacial score (nSPS) is 21.4. The third-order valence-electron chi connectivity index (χ3n) is 7.91. The number of amidine groups is 1. The molecule has 42 heavy (non-hydrogen) atoms. The molecule has 1 amide bonds. The van der Waals surface area contributed by atoms with Crippen molar-refractivity contribution >= 4 is 41.2 Å². The number of carboxylic acids is 1. The molecule has 12 heteroatoms. The largest absolute Gasteiger partial charge is 0.481 e. The lowest BCUT2D eigenvalue weighted by molar-refractivity contribution is -0.139. The molecular formula is C30H38FN5O5S. The number of aromatic nitrogens is 1. The van der Waals surface area contributed by atoms with E-state index in [-0.39, 0.29) is 32.5 Å². The average molecular weight is 600 g/mol. The summed E-state index contributed by atoms with van der Waals surface area (Å²) in [6.45, 7) is 8.70. The van der Waals surface area contributed by atoms with E-state index in [1.54, 1.807) is 38.2 Å². The molecular weight excluding hydrogens is 561 g/mol. The molecule has 0 saturated carbocycles. The molecule has 0 spiro atoms. The van der Waals surface area contributed by atoms with Gasteiger partial charge >= 0.3 is 11.9 Å². The van der Waals surface area contributed by atoms with E-state index in [0.29, 0.717) is 53.8 Å². The molecule has 1 aromatic heterocycles. The van der Waals surface area contributed by atoms with Crippen LogP contribution < -0.4 is 10.2 Å². The summed E-state index contributed by atoms with van der Waals surface area (Å²) in [5, 5.41) is 15.2. The number of carboxylic acid groups (broad SMARTS) is 1. The third-order valence-corrected chi connectivity index (χ3v) is 8.69. The molecule has 1 saturated heterocycles. The minimum Gasteiger partial charge on any atom is -0.481 e. The van der Waals surface area contributed by atoms with Crippen LogP contribution >= 0.6 is 11.3 Å². The number of rotatable bonds is 12. The quantitative estimate of drug-likeness (QED) is 0.279. The number of carbonyl (C=O) groups excluding carboxylic acids is 2. The number of esters is 1. The Morgan fingerprint density at radius 2 is 2.17 bits per heavy atom. The molecule has 226 valence electrons. The Labute approximate surface area is 249 Å². The van der Waals surface area contributed by atoms with Crippen LogP contribution in [0.4, 0.5) is 10.1 Å². The van der Waals surface area contributed by atoms with Gasteiger partial charge in [0.15, 0.2) is 10.8 Å². The molecule has 2 aliphatic rings. The molecule has 1 fully saturated rings. The van der Waals surface area contributed by atoms with E-state index < -0.39 is 28.9 Å². The lowest BCUT2D eigenvalue weighted by atomic mass is 9.81. The van der Waals surface area contributed by atoms with E-state index in [9.17, 15) is 19.5 Å². The van der Waals surface area contributed by atoms with Crippen LogP contribution in [0, 0.1) is 5.92 Å². The molecule has 2 N–H and O–H groups in total. The number of piperidine rings is 1. The second-order valence-corrected chi connectivity index (χ2v) is 12.4. The number of hydrogen-bond acceptors (Lipinski definition) is 9. The topological polar surface area (TPSA) is 124 Å². The number of amides is 1. The highest BCUT2D eigenvalue weighted by molar-refractivity contribution is 7.11. The zero-order valence-corrected chi connectivity index (χ0v) is 25.2. The first kappa shape index (κ1) is 31.3. The number of aliphatic carboxylic acids is 1. The number of thiazole rings is 1. The van der Waals surface area contributed by atoms with Crippen molar-refractivity contribution in [1.82, 2.24) is 15.2 Å². The van der Waals surface area contributed by atoms with Crippen LogP contribution in [0.25, 0.3) is 0 Å². The molecule has 2 aromatic rings. The van der Waals surface area contributed by atoms with Gasteiger partial charge in [0, 0.05) is 60.5 Å². The molecule has 2 aliphatic heterocycles. The van der Waals surface area contributed by atoms with Crippen molar-refractivity contribution in [3.63, 3.8) is 0 Å². The maximum absolute atomic E-state index is 15.9. The fraction of sp³-hybridized carbons (Fsp3) is 0.500. The van der Waals surface area contributed by atoms with Gasteiger partial charge in [-0.1, -0.05) is 26.0 Å². The smallest absolute Gasteiger partial charge is 0.337 e. The van der Waals surface area contributed by atoms with Crippen molar-refractivity contribution in [2.45, 2.75) is 51.6 Å². The summed E-state index contributed by atoms with van der Waals surface area (Å²) in [6, 6.07) is 7.20. The Morgan fingerprint density at radius 3 is 2.83 bits per heavy atom. The average Bonchev–Trinajstić information content (AvgIpc) is 3.48. The lowest BCUT2D eigenvalue weighted by Gasteiger charge is -2.43. The van der Waals surface area contributed by atoms with Gasteiger partial charge in [0.2, 0.25) is 6.41 Å². The summed E-state index contributed by atoms with van der Waals surface area (Å²) in [5.74, 6) is -1.29. The number of carbonyl (C=O) groups is 3. The van der Waals surface area contributed by atoms with Gasteiger partial charge < -0.3 is 20.1 Å². The zero-order chi connectivity index (χ0) is 30.5. The lowest BCUT2D eigenvalue weighted by Crippen LogP contribution is -2.53. The highest BCUT2D eigenvalue weighted by Gasteiger charge is 2.41. The maximum atomic E-state index is 15.9. The van der Waals surface area contributed by atoms with E-state index in [2.05, 4.69) is 20.2 Å². The number of anilines is 1. The van der Waals surface area contributed by atoms with Gasteiger partial charge in [0.05, 0.1) is 25.1 Å². The van der Waals surface area contributed by atoms with Crippen molar-refractivity contribution in [3.8, 4) is 0 Å². The van der Waals surface area contributed by atoms with Crippen molar-refractivity contribution in [3.05, 3.63) is 57.7 Å². The van der Waals surface area contributed by atoms with Crippen LogP contribution in [0.15, 0.2) is 52.1 Å². The molecule has 10 nitrogen and oxygen atoms in total. The Balaban J connectivity index is 1.53. The number of alkyl halides is 1. The van der Waals surface area contributed by atoms with Gasteiger partial charge in [0.1, 0.15) is 5.67 Å². The number of benzene rings is 1. The fourth-order valence-electron chi connectivity index (χ4n) is 5.34. The predicted molar refractivity (Wildman–Crippen MR) is 160 cm³/mol. The number of ether oxygens (including phenoxy) is 1. The van der Waals surface area contributed by atoms with Crippen LogP contribution in [-0.2, 0) is 24.5 Å². The summed E-state index contributed by atoms with van der Waals surface area (Å²) < 4.78 is 21.2. The molecule has 3 heterocycles. The SMILES string of the molecule is CCOC(=O)C1=C(CN2CCC(C)(F)C(CN(C=O)c3cccc(C(C)(C)CC(=O)O)c3)C2)NC(c2nccs2)=NC1. The first-order chi connectivity index (χ1) is 19.9. The van der Waals surface area contributed by atoms with Crippen LogP contribution in [0.1, 0.15) is 51.1 Å². The summed E-state index contributed by atoms with van der Waals surface area (Å²) >= 11 is 1.44. The van der Waals surface area contributed by atoms with E-state index in [1.165, 1.54) is 16.2 Å². The molecule has 2 atom stereocenters. The number of halogens is 1. The first-order valence-corrected chi connectivity index (χ1v) is 14.9. The minimum absolute atomic E-state index is 0.0652. The molecule has 1 aromatic carbocycles. The van der Waals surface area contributed by atoms with E-state index in [4.69, 9.17) is 4.74 Å². The minimum atomic E-state index is -1.52. The summed E-state index contributed by atoms with van der Waals surface area (Å²) in [7, 11) is 0. The summed E-state index contributed by atoms with van der Waals surface area (Å²) in [6.07, 6.45) is 2.57. The van der Waals surface area contributed by atoms with Gasteiger partial charge in [-0.2, -0.15) is 0 Å². The Morgan fingerprint density at radius 1 is 1.38 bits per heavy atom. The summed E-state index contributed by atoms with van der Waals surface area (Å²) in [4.78, 5) is 48.8. The van der Waals surface area contributed by atoms with Crippen molar-refractivity contribution in [2.75, 3.05) is 44.2 Å². The zero-order valence-electron chi connectivity index (χ0n) is 24.4. The van der Waals surface area contributed by atoms with E-state index in [0.717, 1.165) is 5.56 Å². The second-order valence-electron chi connectivity index (χ2n) is 11.5. The number of nitrogens with zero attached hydrogens (tertiary/aromatic N) is 4. The van der Waals surface area contributed by atoms with Gasteiger partial charge in [-0.05, 0) is 38.0 Å². The Bertz CT molecular complexity index is 1360. The van der Waals surface area contributed by atoms with Gasteiger partial charge in [-0.15, -0.1) is 11.3 Å². The molecule has 0 radical (unpaired) electrons. The number of nitrogens with one attached hydrogen (secondary N) is 1. The van der Waals surface area contributed by atoms with Gasteiger partial charge in [0.25, 0.3) is 0 Å². The maximum Gasteiger partial charge on any atom is 0.337 e. The number of likely N-dealkylation sites (tertiary alicyclic amines) is 1. The first-order valence-electron chi connectivity index (χ1n) is 14.0. The van der Waals surface area contributed by atoms with Crippen LogP contribution in [0.3, 0.4) is 0 Å². The van der Waals surface area contributed by atoms with E-state index in [1.807, 2.05) is 25.3 Å². The monoisotopic (exact) mass is 599 g/mol.